The van der Waals surface area contributed by atoms with E-state index in [1.807, 2.05) is 0 Å². The number of halogens is 8. The molecular weight excluding hydrogens is 299 g/mol. The summed E-state index contributed by atoms with van der Waals surface area (Å²) in [6.45, 7) is 0. The molecular formula is C5H5F8LiO3S. The Labute approximate surface area is 109 Å². The molecule has 0 aromatic rings. The van der Waals surface area contributed by atoms with E-state index >= 15 is 0 Å². The van der Waals surface area contributed by atoms with Crippen LogP contribution in [0.25, 0.3) is 0 Å². The zero-order chi connectivity index (χ0) is 14.2. The van der Waals surface area contributed by atoms with E-state index in [-0.39, 0.29) is 20.3 Å². The number of hydrogen-bond donors (Lipinski definition) is 1. The van der Waals surface area contributed by atoms with E-state index in [0.29, 0.717) is 0 Å². The Bertz CT molecular complexity index is 377. The van der Waals surface area contributed by atoms with E-state index in [0.717, 1.165) is 0 Å². The summed E-state index contributed by atoms with van der Waals surface area (Å²) >= 11 is 0. The van der Waals surface area contributed by atoms with E-state index in [1.165, 1.54) is 0 Å². The molecule has 0 aliphatic heterocycles. The van der Waals surface area contributed by atoms with Gasteiger partial charge in [-0.3, -0.25) is 4.55 Å². The molecule has 0 saturated carbocycles. The van der Waals surface area contributed by atoms with Crippen molar-refractivity contribution < 1.29 is 68.4 Å². The van der Waals surface area contributed by atoms with Crippen LogP contribution in [0, 0.1) is 0 Å². The molecule has 0 radical (unpaired) electrons. The molecule has 18 heavy (non-hydrogen) atoms. The maximum Gasteiger partial charge on any atom is 1.00 e. The summed E-state index contributed by atoms with van der Waals surface area (Å²) in [4.78, 5) is 0. The molecule has 2 unspecified atom stereocenters. The smallest absolute Gasteiger partial charge is 1.00 e. The second-order valence-electron chi connectivity index (χ2n) is 2.81. The second-order valence-corrected chi connectivity index (χ2v) is 4.26. The van der Waals surface area contributed by atoms with Crippen molar-refractivity contribution in [1.29, 1.82) is 0 Å². The van der Waals surface area contributed by atoms with Gasteiger partial charge < -0.3 is 1.43 Å². The van der Waals surface area contributed by atoms with Crippen molar-refractivity contribution in [3.05, 3.63) is 0 Å². The predicted molar refractivity (Wildman–Crippen MR) is 38.4 cm³/mol. The number of rotatable bonds is 5. The molecule has 0 aliphatic carbocycles. The van der Waals surface area contributed by atoms with Gasteiger partial charge in [-0.1, -0.05) is 0 Å². The maximum absolute atomic E-state index is 12.5. The molecule has 0 fully saturated rings. The summed E-state index contributed by atoms with van der Waals surface area (Å²) in [6, 6.07) is 0. The van der Waals surface area contributed by atoms with E-state index in [2.05, 4.69) is 0 Å². The average Bonchev–Trinajstić information content (AvgIpc) is 2.13. The summed E-state index contributed by atoms with van der Waals surface area (Å²) in [5.41, 5.74) is -4.93. The van der Waals surface area contributed by atoms with E-state index in [9.17, 15) is 43.5 Å². The monoisotopic (exact) mass is 304 g/mol. The summed E-state index contributed by atoms with van der Waals surface area (Å²) in [5, 5.41) is 0. The van der Waals surface area contributed by atoms with Gasteiger partial charge in [0, 0.05) is 0 Å². The Morgan fingerprint density at radius 2 is 1.28 bits per heavy atom. The molecule has 3 nitrogen and oxygen atoms in total. The van der Waals surface area contributed by atoms with Gasteiger partial charge >= 0.3 is 40.8 Å². The molecule has 0 amide bonds. The standard InChI is InChI=1S/C5H4F8O3S.Li.H/c6-1(2(7)8)4(10,11)5(12,13)3(9)17(14,15)16;;/h1-3H,(H,14,15,16);;/q;+1;-1. The van der Waals surface area contributed by atoms with Crippen LogP contribution in [0.3, 0.4) is 0 Å². The first-order valence-corrected chi connectivity index (χ1v) is 5.04. The van der Waals surface area contributed by atoms with Crippen LogP contribution in [-0.2, 0) is 10.1 Å². The second kappa shape index (κ2) is 5.94. The molecule has 1 N–H and O–H groups in total. The van der Waals surface area contributed by atoms with Gasteiger partial charge in [-0.2, -0.15) is 26.0 Å². The minimum Gasteiger partial charge on any atom is -1.00 e. The summed E-state index contributed by atoms with van der Waals surface area (Å²) in [5.74, 6) is -12.7. The van der Waals surface area contributed by atoms with Gasteiger partial charge in [0.05, 0.1) is 0 Å². The average molecular weight is 304 g/mol. The molecule has 2 atom stereocenters. The van der Waals surface area contributed by atoms with Gasteiger partial charge in [0.2, 0.25) is 6.17 Å². The Hall–Kier alpha value is -0.0526. The van der Waals surface area contributed by atoms with Crippen LogP contribution in [0.15, 0.2) is 0 Å². The van der Waals surface area contributed by atoms with Crippen LogP contribution in [0.2, 0.25) is 0 Å². The van der Waals surface area contributed by atoms with Crippen molar-refractivity contribution in [1.82, 2.24) is 0 Å². The molecule has 0 aliphatic rings. The molecule has 0 saturated heterocycles. The van der Waals surface area contributed by atoms with Gasteiger partial charge in [-0.15, -0.1) is 0 Å². The molecule has 0 rings (SSSR count). The van der Waals surface area contributed by atoms with Crippen molar-refractivity contribution in [2.24, 2.45) is 0 Å². The molecule has 0 aromatic carbocycles. The third-order valence-corrected chi connectivity index (χ3v) is 2.38. The molecule has 13 heteroatoms. The van der Waals surface area contributed by atoms with Crippen LogP contribution >= 0.6 is 0 Å². The predicted octanol–water partition coefficient (Wildman–Crippen LogP) is -0.840. The normalized spacial score (nSPS) is 17.2. The van der Waals surface area contributed by atoms with Crippen molar-refractivity contribution in [2.45, 2.75) is 29.9 Å². The van der Waals surface area contributed by atoms with Crippen LogP contribution in [0.1, 0.15) is 1.43 Å². The van der Waals surface area contributed by atoms with Gasteiger partial charge in [0.15, 0.2) is 0 Å². The van der Waals surface area contributed by atoms with Gasteiger partial charge in [-0.05, 0) is 0 Å². The summed E-state index contributed by atoms with van der Waals surface area (Å²) < 4.78 is 125. The van der Waals surface area contributed by atoms with Crippen LogP contribution in [0.4, 0.5) is 35.1 Å². The van der Waals surface area contributed by atoms with Crippen LogP contribution < -0.4 is 18.9 Å². The van der Waals surface area contributed by atoms with Gasteiger partial charge in [0.25, 0.3) is 11.9 Å². The summed E-state index contributed by atoms with van der Waals surface area (Å²) in [7, 11) is -6.31. The largest absolute Gasteiger partial charge is 1.00 e. The Morgan fingerprint density at radius 3 is 1.50 bits per heavy atom. The Balaban J connectivity index is -0.00000128. The van der Waals surface area contributed by atoms with Crippen molar-refractivity contribution >= 4 is 10.1 Å². The van der Waals surface area contributed by atoms with Gasteiger partial charge in [-0.25, -0.2) is 17.6 Å². The quantitative estimate of drug-likeness (QED) is 0.409. The Morgan fingerprint density at radius 1 is 0.944 bits per heavy atom. The van der Waals surface area contributed by atoms with Gasteiger partial charge in [0.1, 0.15) is 0 Å². The van der Waals surface area contributed by atoms with Crippen LogP contribution in [0.5, 0.6) is 0 Å². The molecule has 0 spiro atoms. The van der Waals surface area contributed by atoms with Crippen molar-refractivity contribution in [2.75, 3.05) is 0 Å². The van der Waals surface area contributed by atoms with E-state index in [4.69, 9.17) is 4.55 Å². The number of hydrogen-bond acceptors (Lipinski definition) is 2. The summed E-state index contributed by atoms with van der Waals surface area (Å²) in [6.07, 6.45) is -9.39. The zero-order valence-corrected chi connectivity index (χ0v) is 9.24. The Kier molecular flexibility index (Phi) is 6.68. The van der Waals surface area contributed by atoms with E-state index in [1.54, 1.807) is 0 Å². The topological polar surface area (TPSA) is 54.4 Å². The fraction of sp³-hybridized carbons (Fsp3) is 1.00. The fourth-order valence-electron chi connectivity index (χ4n) is 0.680. The third kappa shape index (κ3) is 3.72. The minimum atomic E-state index is -6.35. The van der Waals surface area contributed by atoms with Crippen LogP contribution in [-0.4, -0.2) is 42.9 Å². The fourth-order valence-corrected chi connectivity index (χ4v) is 1.21. The zero-order valence-electron chi connectivity index (χ0n) is 9.43. The third-order valence-electron chi connectivity index (χ3n) is 1.56. The SMILES string of the molecule is O=S(=O)(O)C(F)C(F)(F)C(F)(F)C(F)C(F)F.[H-].[Li+]. The first-order valence-electron chi connectivity index (χ1n) is 3.54. The maximum atomic E-state index is 12.5. The molecule has 0 aromatic heterocycles. The first kappa shape index (κ1) is 20.3. The van der Waals surface area contributed by atoms with Crippen molar-refractivity contribution in [3.8, 4) is 0 Å². The first-order chi connectivity index (χ1) is 7.26. The number of alkyl halides is 8. The van der Waals surface area contributed by atoms with Crippen molar-refractivity contribution in [3.63, 3.8) is 0 Å². The van der Waals surface area contributed by atoms with E-state index < -0.39 is 40.1 Å². The minimum absolute atomic E-state index is 0. The molecule has 0 heterocycles. The molecule has 0 bridgehead atoms. The molecule has 106 valence electrons.